The number of amides is 1. The third-order valence-electron chi connectivity index (χ3n) is 4.19. The molecule has 0 bridgehead atoms. The number of aliphatic hydroxyl groups excluding tert-OH is 1. The number of thiazole rings is 1. The smallest absolute Gasteiger partial charge is 0.307 e. The molecule has 1 fully saturated rings. The second-order valence-electron chi connectivity index (χ2n) is 5.81. The highest BCUT2D eigenvalue weighted by Gasteiger charge is 2.23. The van der Waals surface area contributed by atoms with Crippen LogP contribution in [-0.2, 0) is 11.3 Å². The van der Waals surface area contributed by atoms with Gasteiger partial charge in [-0.15, -0.1) is 0 Å². The maximum Gasteiger partial charge on any atom is 0.307 e. The molecule has 118 valence electrons. The topological polar surface area (TPSA) is 71.3 Å². The summed E-state index contributed by atoms with van der Waals surface area (Å²) in [6.07, 6.45) is 4.87. The summed E-state index contributed by atoms with van der Waals surface area (Å²) in [4.78, 5) is 23.4. The van der Waals surface area contributed by atoms with Crippen LogP contribution < -0.4 is 10.2 Å². The first kappa shape index (κ1) is 16.2. The number of rotatable bonds is 6. The van der Waals surface area contributed by atoms with E-state index in [-0.39, 0.29) is 22.8 Å². The highest BCUT2D eigenvalue weighted by atomic mass is 32.1. The zero-order valence-corrected chi connectivity index (χ0v) is 13.3. The van der Waals surface area contributed by atoms with Gasteiger partial charge in [-0.3, -0.25) is 9.59 Å². The van der Waals surface area contributed by atoms with E-state index < -0.39 is 0 Å². The van der Waals surface area contributed by atoms with Gasteiger partial charge in [0, 0.05) is 36.5 Å². The number of nitrogens with zero attached hydrogens (tertiary/aromatic N) is 1. The zero-order valence-electron chi connectivity index (χ0n) is 12.5. The fraction of sp³-hybridized carbons (Fsp3) is 0.733. The Kier molecular flexibility index (Phi) is 5.99. The third-order valence-corrected chi connectivity index (χ3v) is 5.07. The van der Waals surface area contributed by atoms with Gasteiger partial charge in [0.1, 0.15) is 0 Å². The Morgan fingerprint density at radius 3 is 2.90 bits per heavy atom. The van der Waals surface area contributed by atoms with Crippen LogP contribution in [0, 0.1) is 12.8 Å². The minimum atomic E-state index is -0.272. The van der Waals surface area contributed by atoms with Crippen molar-refractivity contribution in [2.45, 2.75) is 58.1 Å². The normalized spacial score (nSPS) is 22.2. The van der Waals surface area contributed by atoms with Crippen molar-refractivity contribution in [3.05, 3.63) is 20.7 Å². The molecule has 1 amide bonds. The lowest BCUT2D eigenvalue weighted by Gasteiger charge is -2.27. The van der Waals surface area contributed by atoms with E-state index in [9.17, 15) is 14.7 Å². The van der Waals surface area contributed by atoms with Crippen LogP contribution >= 0.6 is 11.3 Å². The van der Waals surface area contributed by atoms with E-state index in [4.69, 9.17) is 0 Å². The molecule has 1 aliphatic rings. The van der Waals surface area contributed by atoms with Crippen molar-refractivity contribution in [2.75, 3.05) is 6.54 Å². The van der Waals surface area contributed by atoms with Crippen LogP contribution in [0.1, 0.15) is 44.2 Å². The summed E-state index contributed by atoms with van der Waals surface area (Å²) in [5.41, 5.74) is 0.954. The molecule has 1 aromatic rings. The molecule has 1 aliphatic carbocycles. The van der Waals surface area contributed by atoms with Gasteiger partial charge >= 0.3 is 4.87 Å². The van der Waals surface area contributed by atoms with E-state index in [1.54, 1.807) is 4.57 Å². The van der Waals surface area contributed by atoms with Gasteiger partial charge in [-0.1, -0.05) is 24.2 Å². The lowest BCUT2D eigenvalue weighted by molar-refractivity contribution is -0.121. The Bertz CT molecular complexity index is 523. The minimum Gasteiger partial charge on any atom is -0.393 e. The molecule has 0 spiro atoms. The molecular formula is C15H24N2O3S. The quantitative estimate of drug-likeness (QED) is 0.839. The average molecular weight is 312 g/mol. The number of carbonyl (C=O) groups is 1. The maximum absolute atomic E-state index is 11.8. The van der Waals surface area contributed by atoms with Gasteiger partial charge in [0.05, 0.1) is 6.10 Å². The molecule has 0 aromatic carbocycles. The summed E-state index contributed by atoms with van der Waals surface area (Å²) >= 11 is 1.20. The first-order valence-corrected chi connectivity index (χ1v) is 8.55. The van der Waals surface area contributed by atoms with Gasteiger partial charge in [0.25, 0.3) is 0 Å². The standard InChI is InChI=1S/C15H24N2O3S/c1-11-10-21-15(20)17(11)8-4-7-14(19)16-9-12-5-2-3-6-13(12)18/h10,12-13,18H,2-9H2,1H3,(H,16,19). The van der Waals surface area contributed by atoms with E-state index in [2.05, 4.69) is 5.32 Å². The van der Waals surface area contributed by atoms with Crippen LogP contribution in [0.2, 0.25) is 0 Å². The van der Waals surface area contributed by atoms with Gasteiger partial charge in [0.15, 0.2) is 0 Å². The second-order valence-corrected chi connectivity index (χ2v) is 6.63. The summed E-state index contributed by atoms with van der Waals surface area (Å²) in [6.45, 7) is 3.06. The monoisotopic (exact) mass is 312 g/mol. The number of aryl methyl sites for hydroxylation is 1. The van der Waals surface area contributed by atoms with Crippen molar-refractivity contribution < 1.29 is 9.90 Å². The molecule has 1 aromatic heterocycles. The molecule has 1 saturated carbocycles. The van der Waals surface area contributed by atoms with E-state index >= 15 is 0 Å². The molecule has 21 heavy (non-hydrogen) atoms. The van der Waals surface area contributed by atoms with Crippen molar-refractivity contribution in [2.24, 2.45) is 5.92 Å². The SMILES string of the molecule is Cc1csc(=O)n1CCCC(=O)NCC1CCCCC1O. The fourth-order valence-corrected chi connectivity index (χ4v) is 3.59. The molecule has 6 heteroatoms. The molecule has 1 heterocycles. The summed E-state index contributed by atoms with van der Waals surface area (Å²) in [5.74, 6) is 0.207. The Labute approximate surface area is 129 Å². The number of hydrogen-bond donors (Lipinski definition) is 2. The molecule has 2 rings (SSSR count). The molecule has 0 radical (unpaired) electrons. The first-order valence-electron chi connectivity index (χ1n) is 7.67. The van der Waals surface area contributed by atoms with Crippen molar-refractivity contribution >= 4 is 17.2 Å². The van der Waals surface area contributed by atoms with Gasteiger partial charge in [-0.05, 0) is 26.2 Å². The lowest BCUT2D eigenvalue weighted by atomic mass is 9.86. The van der Waals surface area contributed by atoms with Crippen LogP contribution in [0.5, 0.6) is 0 Å². The highest BCUT2D eigenvalue weighted by Crippen LogP contribution is 2.23. The van der Waals surface area contributed by atoms with Gasteiger partial charge in [-0.25, -0.2) is 0 Å². The Morgan fingerprint density at radius 1 is 1.48 bits per heavy atom. The number of aromatic nitrogens is 1. The van der Waals surface area contributed by atoms with Crippen molar-refractivity contribution in [3.8, 4) is 0 Å². The van der Waals surface area contributed by atoms with Crippen LogP contribution in [-0.4, -0.2) is 28.2 Å². The Hall–Kier alpha value is -1.14. The van der Waals surface area contributed by atoms with Crippen molar-refractivity contribution in [3.63, 3.8) is 0 Å². The number of hydrogen-bond acceptors (Lipinski definition) is 4. The number of aliphatic hydroxyl groups is 1. The van der Waals surface area contributed by atoms with Gasteiger partial charge in [-0.2, -0.15) is 0 Å². The lowest BCUT2D eigenvalue weighted by Crippen LogP contribution is -2.36. The van der Waals surface area contributed by atoms with Gasteiger partial charge < -0.3 is 15.0 Å². The fourth-order valence-electron chi connectivity index (χ4n) is 2.83. The Morgan fingerprint density at radius 2 is 2.24 bits per heavy atom. The molecule has 0 aliphatic heterocycles. The van der Waals surface area contributed by atoms with E-state index in [0.29, 0.717) is 25.9 Å². The zero-order chi connectivity index (χ0) is 15.2. The molecule has 2 atom stereocenters. The van der Waals surface area contributed by atoms with Crippen LogP contribution in [0.15, 0.2) is 10.2 Å². The molecule has 5 nitrogen and oxygen atoms in total. The van der Waals surface area contributed by atoms with E-state index in [1.807, 2.05) is 12.3 Å². The minimum absolute atomic E-state index is 0.00806. The number of carbonyl (C=O) groups excluding carboxylic acids is 1. The summed E-state index contributed by atoms with van der Waals surface area (Å²) in [7, 11) is 0. The Balaban J connectivity index is 1.67. The van der Waals surface area contributed by atoms with Crippen molar-refractivity contribution in [1.82, 2.24) is 9.88 Å². The van der Waals surface area contributed by atoms with E-state index in [0.717, 1.165) is 31.4 Å². The van der Waals surface area contributed by atoms with Crippen LogP contribution in [0.25, 0.3) is 0 Å². The van der Waals surface area contributed by atoms with Crippen LogP contribution in [0.3, 0.4) is 0 Å². The maximum atomic E-state index is 11.8. The predicted octanol–water partition coefficient (Wildman–Crippen LogP) is 1.67. The average Bonchev–Trinajstić information content (AvgIpc) is 2.78. The second kappa shape index (κ2) is 7.75. The van der Waals surface area contributed by atoms with Crippen LogP contribution in [0.4, 0.5) is 0 Å². The largest absolute Gasteiger partial charge is 0.393 e. The molecular weight excluding hydrogens is 288 g/mol. The molecule has 0 saturated heterocycles. The highest BCUT2D eigenvalue weighted by molar-refractivity contribution is 7.07. The third kappa shape index (κ3) is 4.68. The summed E-state index contributed by atoms with van der Waals surface area (Å²) < 4.78 is 1.71. The first-order chi connectivity index (χ1) is 10.1. The van der Waals surface area contributed by atoms with Gasteiger partial charge in [0.2, 0.25) is 5.91 Å². The van der Waals surface area contributed by atoms with Crippen molar-refractivity contribution in [1.29, 1.82) is 0 Å². The molecule has 2 N–H and O–H groups in total. The predicted molar refractivity (Wildman–Crippen MR) is 83.5 cm³/mol. The molecule has 2 unspecified atom stereocenters. The number of nitrogens with one attached hydrogen (secondary N) is 1. The summed E-state index contributed by atoms with van der Waals surface area (Å²) in [5, 5.41) is 14.6. The van der Waals surface area contributed by atoms with E-state index in [1.165, 1.54) is 11.3 Å². The summed E-state index contributed by atoms with van der Waals surface area (Å²) in [6, 6.07) is 0.